The van der Waals surface area contributed by atoms with E-state index in [0.717, 1.165) is 19.3 Å². The molecule has 0 atom stereocenters. The summed E-state index contributed by atoms with van der Waals surface area (Å²) in [4.78, 5) is 0. The van der Waals surface area contributed by atoms with Gasteiger partial charge in [-0.25, -0.2) is 8.42 Å². The van der Waals surface area contributed by atoms with Gasteiger partial charge in [0.2, 0.25) is 0 Å². The maximum Gasteiger partial charge on any atom is 0.252 e. The lowest BCUT2D eigenvalue weighted by Gasteiger charge is -2.22. The molecule has 2 rings (SSSR count). The Labute approximate surface area is 119 Å². The van der Waals surface area contributed by atoms with Gasteiger partial charge in [-0.2, -0.15) is 4.31 Å². The zero-order valence-electron chi connectivity index (χ0n) is 11.4. The highest BCUT2D eigenvalue weighted by molar-refractivity contribution is 7.91. The third kappa shape index (κ3) is 3.37. The lowest BCUT2D eigenvalue weighted by atomic mass is 9.85. The van der Waals surface area contributed by atoms with Crippen LogP contribution in [0.3, 0.4) is 0 Å². The van der Waals surface area contributed by atoms with Gasteiger partial charge in [0.05, 0.1) is 6.61 Å². The summed E-state index contributed by atoms with van der Waals surface area (Å²) in [6.07, 6.45) is 2.86. The van der Waals surface area contributed by atoms with E-state index in [1.165, 1.54) is 11.3 Å². The van der Waals surface area contributed by atoms with Gasteiger partial charge in [-0.3, -0.25) is 0 Å². The average Bonchev–Trinajstić information content (AvgIpc) is 2.75. The number of sulfonamides is 1. The van der Waals surface area contributed by atoms with Crippen molar-refractivity contribution in [1.82, 2.24) is 4.31 Å². The van der Waals surface area contributed by atoms with Gasteiger partial charge in [0.25, 0.3) is 10.0 Å². The number of aliphatic hydroxyl groups is 1. The van der Waals surface area contributed by atoms with Crippen LogP contribution >= 0.6 is 11.3 Å². The smallest absolute Gasteiger partial charge is 0.252 e. The molecule has 0 aliphatic carbocycles. The highest BCUT2D eigenvalue weighted by atomic mass is 32.2. The topological polar surface area (TPSA) is 57.6 Å². The molecular formula is C13H21NO3S2. The summed E-state index contributed by atoms with van der Waals surface area (Å²) in [5.74, 6) is 0. The first-order chi connectivity index (χ1) is 8.85. The molecule has 0 spiro atoms. The van der Waals surface area contributed by atoms with Crippen LogP contribution in [0, 0.1) is 5.41 Å². The molecule has 1 fully saturated rings. The van der Waals surface area contributed by atoms with Gasteiger partial charge >= 0.3 is 0 Å². The highest BCUT2D eigenvalue weighted by Crippen LogP contribution is 2.33. The molecule has 0 saturated carbocycles. The van der Waals surface area contributed by atoms with Crippen LogP contribution < -0.4 is 0 Å². The molecule has 0 unspecified atom stereocenters. The van der Waals surface area contributed by atoms with Gasteiger partial charge in [-0.15, -0.1) is 11.3 Å². The molecule has 1 aliphatic heterocycles. The van der Waals surface area contributed by atoms with Crippen molar-refractivity contribution in [1.29, 1.82) is 0 Å². The van der Waals surface area contributed by atoms with E-state index in [0.29, 0.717) is 22.9 Å². The van der Waals surface area contributed by atoms with Crippen LogP contribution in [0.25, 0.3) is 0 Å². The molecule has 2 heterocycles. The summed E-state index contributed by atoms with van der Waals surface area (Å²) in [7, 11) is -3.38. The molecule has 4 nitrogen and oxygen atoms in total. The summed E-state index contributed by atoms with van der Waals surface area (Å²) >= 11 is 1.19. The van der Waals surface area contributed by atoms with Crippen molar-refractivity contribution in [3.05, 3.63) is 17.0 Å². The van der Waals surface area contributed by atoms with Crippen molar-refractivity contribution in [2.75, 3.05) is 13.1 Å². The fraction of sp³-hybridized carbons (Fsp3) is 0.692. The zero-order valence-corrected chi connectivity index (χ0v) is 13.1. The summed E-state index contributed by atoms with van der Waals surface area (Å²) < 4.78 is 27.0. The largest absolute Gasteiger partial charge is 0.392 e. The molecule has 1 N–H and O–H groups in total. The molecule has 6 heteroatoms. The summed E-state index contributed by atoms with van der Waals surface area (Å²) in [5, 5.41) is 10.7. The van der Waals surface area contributed by atoms with Crippen molar-refractivity contribution in [3.63, 3.8) is 0 Å². The standard InChI is InChI=1S/C13H21NO3S2/c1-13(2)4-3-6-14(7-5-13)19(16,17)12-8-11(9-15)10-18-12/h8,10,15H,3-7,9H2,1-2H3. The van der Waals surface area contributed by atoms with E-state index < -0.39 is 10.0 Å². The Hall–Kier alpha value is -0.430. The van der Waals surface area contributed by atoms with Crippen molar-refractivity contribution < 1.29 is 13.5 Å². The van der Waals surface area contributed by atoms with Crippen LogP contribution in [0.4, 0.5) is 0 Å². The van der Waals surface area contributed by atoms with E-state index in [-0.39, 0.29) is 12.0 Å². The third-order valence-corrected chi connectivity index (χ3v) is 7.07. The molecule has 0 radical (unpaired) electrons. The average molecular weight is 303 g/mol. The molecule has 19 heavy (non-hydrogen) atoms. The van der Waals surface area contributed by atoms with Crippen LogP contribution in [-0.2, 0) is 16.6 Å². The quantitative estimate of drug-likeness (QED) is 0.933. The normalized spacial score (nSPS) is 21.2. The van der Waals surface area contributed by atoms with Gasteiger partial charge in [-0.05, 0) is 41.7 Å². The number of thiophene rings is 1. The highest BCUT2D eigenvalue weighted by Gasteiger charge is 2.31. The van der Waals surface area contributed by atoms with Crippen LogP contribution in [0.2, 0.25) is 0 Å². The Kier molecular flexibility index (Phi) is 4.35. The molecule has 108 valence electrons. The molecular weight excluding hydrogens is 282 g/mol. The van der Waals surface area contributed by atoms with E-state index in [4.69, 9.17) is 5.11 Å². The first kappa shape index (κ1) is 15.0. The van der Waals surface area contributed by atoms with Gasteiger partial charge in [-0.1, -0.05) is 13.8 Å². The van der Waals surface area contributed by atoms with E-state index >= 15 is 0 Å². The maximum absolute atomic E-state index is 12.5. The number of rotatable bonds is 3. The van der Waals surface area contributed by atoms with Crippen LogP contribution in [0.15, 0.2) is 15.7 Å². The second kappa shape index (κ2) is 5.52. The first-order valence-corrected chi connectivity index (χ1v) is 8.85. The number of aliphatic hydroxyl groups excluding tert-OH is 1. The van der Waals surface area contributed by atoms with E-state index in [9.17, 15) is 8.42 Å². The Balaban J connectivity index is 2.20. The number of hydrogen-bond acceptors (Lipinski definition) is 4. The Morgan fingerprint density at radius 2 is 2.11 bits per heavy atom. The fourth-order valence-electron chi connectivity index (χ4n) is 2.34. The van der Waals surface area contributed by atoms with Crippen LogP contribution in [0.1, 0.15) is 38.7 Å². The van der Waals surface area contributed by atoms with Gasteiger partial charge in [0.1, 0.15) is 4.21 Å². The minimum absolute atomic E-state index is 0.112. The molecule has 1 aliphatic rings. The second-order valence-electron chi connectivity index (χ2n) is 5.85. The maximum atomic E-state index is 12.5. The van der Waals surface area contributed by atoms with Crippen molar-refractivity contribution in [2.45, 2.75) is 43.9 Å². The second-order valence-corrected chi connectivity index (χ2v) is 8.93. The monoisotopic (exact) mass is 303 g/mol. The Bertz CT molecular complexity index is 534. The lowest BCUT2D eigenvalue weighted by molar-refractivity contribution is 0.282. The summed E-state index contributed by atoms with van der Waals surface area (Å²) in [6.45, 7) is 5.45. The first-order valence-electron chi connectivity index (χ1n) is 6.54. The van der Waals surface area contributed by atoms with E-state index in [1.807, 2.05) is 0 Å². The van der Waals surface area contributed by atoms with Gasteiger partial charge in [0.15, 0.2) is 0 Å². The predicted molar refractivity (Wildman–Crippen MR) is 76.6 cm³/mol. The molecule has 0 aromatic carbocycles. The minimum atomic E-state index is -3.38. The van der Waals surface area contributed by atoms with Crippen molar-refractivity contribution in [3.8, 4) is 0 Å². The van der Waals surface area contributed by atoms with Crippen molar-refractivity contribution >= 4 is 21.4 Å². The molecule has 0 amide bonds. The van der Waals surface area contributed by atoms with E-state index in [2.05, 4.69) is 13.8 Å². The summed E-state index contributed by atoms with van der Waals surface area (Å²) in [6, 6.07) is 1.58. The number of nitrogens with zero attached hydrogens (tertiary/aromatic N) is 1. The predicted octanol–water partition coefficient (Wildman–Crippen LogP) is 2.44. The Morgan fingerprint density at radius 1 is 1.37 bits per heavy atom. The SMILES string of the molecule is CC1(C)CCCN(S(=O)(=O)c2cc(CO)cs2)CC1. The summed E-state index contributed by atoms with van der Waals surface area (Å²) in [5.41, 5.74) is 0.884. The third-order valence-electron chi connectivity index (χ3n) is 3.71. The Morgan fingerprint density at radius 3 is 2.74 bits per heavy atom. The minimum Gasteiger partial charge on any atom is -0.392 e. The van der Waals surface area contributed by atoms with Crippen LogP contribution in [0.5, 0.6) is 0 Å². The fourth-order valence-corrected chi connectivity index (χ4v) is 5.17. The van der Waals surface area contributed by atoms with E-state index in [1.54, 1.807) is 15.8 Å². The molecule has 0 bridgehead atoms. The molecule has 1 aromatic heterocycles. The number of hydrogen-bond donors (Lipinski definition) is 1. The van der Waals surface area contributed by atoms with Crippen molar-refractivity contribution in [2.24, 2.45) is 5.41 Å². The lowest BCUT2D eigenvalue weighted by Crippen LogP contribution is -2.32. The van der Waals surface area contributed by atoms with Gasteiger partial charge in [0, 0.05) is 13.1 Å². The zero-order chi connectivity index (χ0) is 14.1. The van der Waals surface area contributed by atoms with Crippen LogP contribution in [-0.4, -0.2) is 30.9 Å². The molecule has 1 aromatic rings. The van der Waals surface area contributed by atoms with Gasteiger partial charge < -0.3 is 5.11 Å². The molecule has 1 saturated heterocycles.